The minimum atomic E-state index is -1.10. The van der Waals surface area contributed by atoms with Crippen LogP contribution in [0.3, 0.4) is 0 Å². The van der Waals surface area contributed by atoms with Gasteiger partial charge in [0.1, 0.15) is 6.20 Å². The molecule has 3 heterocycles. The van der Waals surface area contributed by atoms with Crippen LogP contribution in [0.15, 0.2) is 21.9 Å². The van der Waals surface area contributed by atoms with E-state index in [1.54, 1.807) is 13.1 Å². The van der Waals surface area contributed by atoms with Gasteiger partial charge in [-0.25, -0.2) is 4.99 Å². The van der Waals surface area contributed by atoms with Gasteiger partial charge >= 0.3 is 11.1 Å². The molecule has 2 aliphatic heterocycles. The van der Waals surface area contributed by atoms with Crippen molar-refractivity contribution in [3.63, 3.8) is 0 Å². The molecule has 2 aliphatic rings. The fourth-order valence-electron chi connectivity index (χ4n) is 3.18. The largest absolute Gasteiger partial charge is 0.387 e. The molecule has 0 radical (unpaired) electrons. The van der Waals surface area contributed by atoms with E-state index in [2.05, 4.69) is 41.0 Å². The highest BCUT2D eigenvalue weighted by atomic mass is 79.9. The molecule has 3 rings (SSSR count). The lowest BCUT2D eigenvalue weighted by Crippen LogP contribution is -2.55. The molecule has 148 valence electrons. The summed E-state index contributed by atoms with van der Waals surface area (Å²) >= 11 is 9.35. The smallest absolute Gasteiger partial charge is 0.383 e. The van der Waals surface area contributed by atoms with Crippen LogP contribution in [-0.4, -0.2) is 80.2 Å². The fourth-order valence-corrected chi connectivity index (χ4v) is 3.61. The Labute approximate surface area is 169 Å². The summed E-state index contributed by atoms with van der Waals surface area (Å²) in [5, 5.41) is 24.8. The Kier molecular flexibility index (Phi) is 6.04. The lowest BCUT2D eigenvalue weighted by Gasteiger charge is -2.39. The Balaban J connectivity index is 1.54. The second-order valence-corrected chi connectivity index (χ2v) is 8.25. The van der Waals surface area contributed by atoms with E-state index >= 15 is 0 Å². The number of β-amino-alcohol motifs (C(OH)–C–C–N with tert-alkyl or cyclic N) is 1. The Morgan fingerprint density at radius 1 is 1.41 bits per heavy atom. The number of nitro groups is 1. The lowest BCUT2D eigenvalue weighted by molar-refractivity contribution is -0.389. The molecule has 0 saturated carbocycles. The predicted molar refractivity (Wildman–Crippen MR) is 105 cm³/mol. The van der Waals surface area contributed by atoms with Crippen LogP contribution in [0.4, 0.5) is 5.82 Å². The van der Waals surface area contributed by atoms with Gasteiger partial charge in [0.15, 0.2) is 5.96 Å². The van der Waals surface area contributed by atoms with Crippen molar-refractivity contribution < 1.29 is 10.0 Å². The molecule has 0 spiro atoms. The molecule has 10 nitrogen and oxygen atoms in total. The number of nitrogens with zero attached hydrogens (tertiary/aromatic N) is 6. The number of aromatic nitrogens is 2. The monoisotopic (exact) mass is 461 g/mol. The molecule has 12 heteroatoms. The molecule has 0 bridgehead atoms. The second kappa shape index (κ2) is 8.13. The van der Waals surface area contributed by atoms with Crippen molar-refractivity contribution in [3.8, 4) is 0 Å². The number of imidazole rings is 1. The average Bonchev–Trinajstić information content (AvgIpc) is 2.96. The predicted octanol–water partition coefficient (Wildman–Crippen LogP) is 1.01. The molecule has 0 amide bonds. The van der Waals surface area contributed by atoms with E-state index in [0.29, 0.717) is 6.54 Å². The third-order valence-corrected chi connectivity index (χ3v) is 5.18. The van der Waals surface area contributed by atoms with E-state index in [9.17, 15) is 15.2 Å². The SMILES string of the molecule is CC(O)(CN1CCN(C2=NC=C(Br)CN2)CC1)Cn1cc([N+](=O)[O-])nc1Cl. The highest BCUT2D eigenvalue weighted by molar-refractivity contribution is 9.11. The van der Waals surface area contributed by atoms with Crippen molar-refractivity contribution in [2.75, 3.05) is 39.3 Å². The number of halogens is 2. The van der Waals surface area contributed by atoms with Crippen LogP contribution in [0, 0.1) is 10.1 Å². The summed E-state index contributed by atoms with van der Waals surface area (Å²) in [6, 6.07) is 0. The summed E-state index contributed by atoms with van der Waals surface area (Å²) in [6.07, 6.45) is 3.05. The van der Waals surface area contributed by atoms with Gasteiger partial charge in [0.25, 0.3) is 0 Å². The van der Waals surface area contributed by atoms with Gasteiger partial charge in [-0.3, -0.25) is 9.47 Å². The van der Waals surface area contributed by atoms with Gasteiger partial charge in [-0.2, -0.15) is 0 Å². The Morgan fingerprint density at radius 2 is 2.11 bits per heavy atom. The fraction of sp³-hybridized carbons (Fsp3) is 0.600. The van der Waals surface area contributed by atoms with Gasteiger partial charge in [-0.05, 0) is 28.4 Å². The molecule has 0 aliphatic carbocycles. The highest BCUT2D eigenvalue weighted by Gasteiger charge is 2.30. The number of aliphatic imine (C=N–C) groups is 1. The molecule has 1 saturated heterocycles. The summed E-state index contributed by atoms with van der Waals surface area (Å²) in [5.74, 6) is 0.535. The van der Waals surface area contributed by atoms with Gasteiger partial charge in [0, 0.05) is 43.4 Å². The minimum Gasteiger partial charge on any atom is -0.387 e. The van der Waals surface area contributed by atoms with E-state index in [1.165, 1.54) is 10.8 Å². The first-order valence-electron chi connectivity index (χ1n) is 8.46. The van der Waals surface area contributed by atoms with Crippen LogP contribution in [-0.2, 0) is 6.54 Å². The molecule has 1 aromatic heterocycles. The third kappa shape index (κ3) is 5.18. The summed E-state index contributed by atoms with van der Waals surface area (Å²) < 4.78 is 2.42. The first-order valence-corrected chi connectivity index (χ1v) is 9.63. The van der Waals surface area contributed by atoms with Crippen molar-refractivity contribution >= 4 is 39.3 Å². The normalized spacial score (nSPS) is 20.5. The quantitative estimate of drug-likeness (QED) is 0.496. The minimum absolute atomic E-state index is 0.00704. The molecular weight excluding hydrogens is 442 g/mol. The highest BCUT2D eigenvalue weighted by Crippen LogP contribution is 2.20. The van der Waals surface area contributed by atoms with Gasteiger partial charge < -0.3 is 25.4 Å². The maximum absolute atomic E-state index is 10.8. The maximum Gasteiger partial charge on any atom is 0.383 e. The van der Waals surface area contributed by atoms with E-state index in [0.717, 1.165) is 43.2 Å². The number of guanidine groups is 1. The Bertz CT molecular complexity index is 771. The summed E-state index contributed by atoms with van der Waals surface area (Å²) in [7, 11) is 0. The Hall–Kier alpha value is -1.69. The second-order valence-electron chi connectivity index (χ2n) is 6.90. The van der Waals surface area contributed by atoms with Crippen molar-refractivity contribution in [2.24, 2.45) is 4.99 Å². The maximum atomic E-state index is 10.8. The summed E-state index contributed by atoms with van der Waals surface area (Å²) in [5.41, 5.74) is -1.10. The van der Waals surface area contributed by atoms with Gasteiger partial charge in [-0.15, -0.1) is 0 Å². The van der Waals surface area contributed by atoms with Crippen molar-refractivity contribution in [2.45, 2.75) is 19.1 Å². The molecule has 1 aromatic rings. The number of hydrogen-bond donors (Lipinski definition) is 2. The van der Waals surface area contributed by atoms with Crippen LogP contribution in [0.2, 0.25) is 5.28 Å². The van der Waals surface area contributed by atoms with Gasteiger partial charge in [-0.1, -0.05) is 15.9 Å². The third-order valence-electron chi connectivity index (χ3n) is 4.39. The van der Waals surface area contributed by atoms with Crippen LogP contribution in [0.25, 0.3) is 0 Å². The van der Waals surface area contributed by atoms with E-state index in [4.69, 9.17) is 11.6 Å². The number of piperazine rings is 1. The molecule has 0 aromatic carbocycles. The van der Waals surface area contributed by atoms with Crippen LogP contribution >= 0.6 is 27.5 Å². The van der Waals surface area contributed by atoms with E-state index < -0.39 is 10.5 Å². The van der Waals surface area contributed by atoms with Crippen LogP contribution in [0.5, 0.6) is 0 Å². The zero-order valence-corrected chi connectivity index (χ0v) is 17.1. The zero-order valence-electron chi connectivity index (χ0n) is 14.8. The molecule has 1 atom stereocenters. The zero-order chi connectivity index (χ0) is 19.6. The number of aliphatic hydroxyl groups is 1. The van der Waals surface area contributed by atoms with Crippen molar-refractivity contribution in [1.29, 1.82) is 0 Å². The van der Waals surface area contributed by atoms with Crippen molar-refractivity contribution in [1.82, 2.24) is 24.7 Å². The van der Waals surface area contributed by atoms with Crippen LogP contribution in [0.1, 0.15) is 6.92 Å². The Morgan fingerprint density at radius 3 is 2.67 bits per heavy atom. The average molecular weight is 463 g/mol. The number of hydrogen-bond acceptors (Lipinski definition) is 8. The standard InChI is InChI=1S/C15H21BrClN7O3/c1-15(25,10-23-8-12(24(26)27)20-13(23)17)9-21-2-4-22(5-3-21)14-18-6-11(16)7-19-14/h6,8,25H,2-5,7,9-10H2,1H3,(H,18,19). The first-order chi connectivity index (χ1) is 12.7. The molecule has 1 fully saturated rings. The molecule has 27 heavy (non-hydrogen) atoms. The number of rotatable bonds is 5. The molecule has 2 N–H and O–H groups in total. The molecular formula is C15H21BrClN7O3. The first kappa shape index (κ1) is 20.1. The summed E-state index contributed by atoms with van der Waals surface area (Å²) in [4.78, 5) is 22.6. The van der Waals surface area contributed by atoms with E-state index in [1.807, 2.05) is 0 Å². The van der Waals surface area contributed by atoms with Crippen molar-refractivity contribution in [3.05, 3.63) is 32.3 Å². The van der Waals surface area contributed by atoms with Gasteiger partial charge in [0.2, 0.25) is 0 Å². The van der Waals surface area contributed by atoms with Crippen LogP contribution < -0.4 is 5.32 Å². The van der Waals surface area contributed by atoms with E-state index in [-0.39, 0.29) is 17.6 Å². The number of nitrogens with one attached hydrogen (secondary N) is 1. The molecule has 1 unspecified atom stereocenters. The summed E-state index contributed by atoms with van der Waals surface area (Å²) in [6.45, 7) is 6.12. The lowest BCUT2D eigenvalue weighted by atomic mass is 10.1. The topological polar surface area (TPSA) is 112 Å². The van der Waals surface area contributed by atoms with Gasteiger partial charge in [0.05, 0.1) is 18.7 Å².